The van der Waals surface area contributed by atoms with E-state index in [9.17, 15) is 13.2 Å². The second-order valence-corrected chi connectivity index (χ2v) is 8.45. The van der Waals surface area contributed by atoms with Gasteiger partial charge < -0.3 is 4.74 Å². The standard InChI is InChI=1S/C14H20O5S/c1-5-10(15)9-6-13(3)7-11-12(18-13)14(4,8(9)2)19-20(11,16)17/h5,8-9,11-12H,1,6-7H2,2-4H3. The van der Waals surface area contributed by atoms with Crippen LogP contribution in [0.1, 0.15) is 33.6 Å². The molecule has 3 aliphatic heterocycles. The zero-order valence-corrected chi connectivity index (χ0v) is 12.8. The van der Waals surface area contributed by atoms with Crippen molar-refractivity contribution in [3.63, 3.8) is 0 Å². The Balaban J connectivity index is 2.12. The fourth-order valence-electron chi connectivity index (χ4n) is 4.07. The van der Waals surface area contributed by atoms with Crippen molar-refractivity contribution in [3.05, 3.63) is 12.7 Å². The van der Waals surface area contributed by atoms with E-state index >= 15 is 0 Å². The molecule has 0 aromatic rings. The maximum absolute atomic E-state index is 12.2. The molecular formula is C14H20O5S. The SMILES string of the molecule is C=CC(=O)C1CC2(C)CC3C(O2)C(C)(OS3(=O)=O)C1C. The summed E-state index contributed by atoms with van der Waals surface area (Å²) < 4.78 is 35.9. The minimum absolute atomic E-state index is 0.0689. The van der Waals surface area contributed by atoms with Crippen molar-refractivity contribution in [1.29, 1.82) is 0 Å². The Morgan fingerprint density at radius 2 is 2.00 bits per heavy atom. The number of carbonyl (C=O) groups excluding carboxylic acids is 1. The number of carbonyl (C=O) groups is 1. The Hall–Kier alpha value is -0.720. The van der Waals surface area contributed by atoms with Gasteiger partial charge in [0.1, 0.15) is 17.0 Å². The molecule has 3 rings (SSSR count). The largest absolute Gasteiger partial charge is 0.367 e. The van der Waals surface area contributed by atoms with E-state index in [0.717, 1.165) is 0 Å². The number of ether oxygens (including phenoxy) is 1. The van der Waals surface area contributed by atoms with E-state index in [4.69, 9.17) is 8.92 Å². The monoisotopic (exact) mass is 300 g/mol. The zero-order valence-electron chi connectivity index (χ0n) is 12.0. The highest BCUT2D eigenvalue weighted by molar-refractivity contribution is 7.87. The quantitative estimate of drug-likeness (QED) is 0.570. The Morgan fingerprint density at radius 3 is 2.60 bits per heavy atom. The molecule has 3 fully saturated rings. The van der Waals surface area contributed by atoms with Gasteiger partial charge in [0, 0.05) is 5.92 Å². The molecule has 5 nitrogen and oxygen atoms in total. The highest BCUT2D eigenvalue weighted by atomic mass is 32.2. The molecule has 0 N–H and O–H groups in total. The van der Waals surface area contributed by atoms with E-state index in [1.54, 1.807) is 6.92 Å². The fourth-order valence-corrected chi connectivity index (χ4v) is 6.12. The predicted molar refractivity (Wildman–Crippen MR) is 72.6 cm³/mol. The van der Waals surface area contributed by atoms with Gasteiger partial charge in [0.2, 0.25) is 0 Å². The number of hydrogen-bond acceptors (Lipinski definition) is 5. The predicted octanol–water partition coefficient (Wildman–Crippen LogP) is 1.43. The minimum atomic E-state index is -3.63. The first-order valence-corrected chi connectivity index (χ1v) is 8.39. The summed E-state index contributed by atoms with van der Waals surface area (Å²) in [7, 11) is -3.63. The molecule has 6 unspecified atom stereocenters. The third kappa shape index (κ3) is 1.68. The van der Waals surface area contributed by atoms with E-state index in [1.807, 2.05) is 13.8 Å². The summed E-state index contributed by atoms with van der Waals surface area (Å²) in [6.45, 7) is 9.06. The first kappa shape index (κ1) is 14.2. The van der Waals surface area contributed by atoms with Crippen molar-refractivity contribution in [3.8, 4) is 0 Å². The molecule has 0 radical (unpaired) electrons. The van der Waals surface area contributed by atoms with Crippen molar-refractivity contribution >= 4 is 15.9 Å². The van der Waals surface area contributed by atoms with Crippen LogP contribution in [0, 0.1) is 11.8 Å². The third-order valence-electron chi connectivity index (χ3n) is 5.34. The molecule has 0 saturated carbocycles. The Labute approximate surface area is 119 Å². The van der Waals surface area contributed by atoms with E-state index in [0.29, 0.717) is 12.8 Å². The molecule has 6 atom stereocenters. The molecule has 0 aromatic heterocycles. The highest BCUT2D eigenvalue weighted by Gasteiger charge is 2.69. The summed E-state index contributed by atoms with van der Waals surface area (Å²) in [5.74, 6) is -0.623. The Bertz CT molecular complexity index is 582. The Morgan fingerprint density at radius 1 is 1.35 bits per heavy atom. The number of rotatable bonds is 2. The van der Waals surface area contributed by atoms with Crippen LogP contribution in [-0.2, 0) is 23.8 Å². The van der Waals surface area contributed by atoms with Crippen molar-refractivity contribution in [2.45, 2.75) is 56.2 Å². The van der Waals surface area contributed by atoms with Crippen molar-refractivity contribution < 1.29 is 22.1 Å². The van der Waals surface area contributed by atoms with Gasteiger partial charge in [0.15, 0.2) is 5.78 Å². The number of hydrogen-bond donors (Lipinski definition) is 0. The maximum atomic E-state index is 12.2. The van der Waals surface area contributed by atoms with Crippen LogP contribution >= 0.6 is 0 Å². The summed E-state index contributed by atoms with van der Waals surface area (Å²) in [4.78, 5) is 12.1. The lowest BCUT2D eigenvalue weighted by Gasteiger charge is -2.35. The molecular weight excluding hydrogens is 280 g/mol. The molecule has 6 heteroatoms. The molecule has 0 aromatic carbocycles. The van der Waals surface area contributed by atoms with Gasteiger partial charge >= 0.3 is 0 Å². The zero-order chi connectivity index (χ0) is 14.9. The highest BCUT2D eigenvalue weighted by Crippen LogP contribution is 2.56. The lowest BCUT2D eigenvalue weighted by Crippen LogP contribution is -2.47. The second kappa shape index (κ2) is 3.93. The minimum Gasteiger partial charge on any atom is -0.367 e. The van der Waals surface area contributed by atoms with E-state index in [-0.39, 0.29) is 17.6 Å². The van der Waals surface area contributed by atoms with Gasteiger partial charge in [-0.25, -0.2) is 0 Å². The first-order valence-electron chi connectivity index (χ1n) is 6.91. The average molecular weight is 300 g/mol. The number of allylic oxidation sites excluding steroid dienone is 1. The van der Waals surface area contributed by atoms with Crippen molar-refractivity contribution in [2.75, 3.05) is 0 Å². The number of fused-ring (bicyclic) bond motifs is 1. The molecule has 20 heavy (non-hydrogen) atoms. The molecule has 0 aliphatic carbocycles. The Kier molecular flexibility index (Phi) is 2.79. The topological polar surface area (TPSA) is 69.7 Å². The van der Waals surface area contributed by atoms with Crippen LogP contribution in [0.2, 0.25) is 0 Å². The summed E-state index contributed by atoms with van der Waals surface area (Å²) in [6, 6.07) is 0. The van der Waals surface area contributed by atoms with E-state index in [1.165, 1.54) is 6.08 Å². The van der Waals surface area contributed by atoms with Gasteiger partial charge in [-0.15, -0.1) is 0 Å². The summed E-state index contributed by atoms with van der Waals surface area (Å²) in [5.41, 5.74) is -1.55. The summed E-state index contributed by atoms with van der Waals surface area (Å²) in [6.07, 6.45) is 1.73. The van der Waals surface area contributed by atoms with Crippen LogP contribution in [-0.4, -0.2) is 36.8 Å². The normalized spacial score (nSPS) is 52.5. The van der Waals surface area contributed by atoms with Gasteiger partial charge in [-0.2, -0.15) is 8.42 Å². The number of ketones is 1. The van der Waals surface area contributed by atoms with Crippen molar-refractivity contribution in [2.24, 2.45) is 11.8 Å². The maximum Gasteiger partial charge on any atom is 0.273 e. The molecule has 3 heterocycles. The van der Waals surface area contributed by atoms with Gasteiger partial charge in [0.05, 0.1) is 5.60 Å². The summed E-state index contributed by atoms with van der Waals surface area (Å²) in [5, 5.41) is -0.611. The van der Waals surface area contributed by atoms with Gasteiger partial charge in [-0.05, 0) is 38.7 Å². The van der Waals surface area contributed by atoms with E-state index in [2.05, 4.69) is 6.58 Å². The van der Waals surface area contributed by atoms with Crippen LogP contribution in [0.15, 0.2) is 12.7 Å². The van der Waals surface area contributed by atoms with Crippen LogP contribution in [0.25, 0.3) is 0 Å². The van der Waals surface area contributed by atoms with Crippen LogP contribution in [0.5, 0.6) is 0 Å². The fraction of sp³-hybridized carbons (Fsp3) is 0.786. The summed E-state index contributed by atoms with van der Waals surface area (Å²) >= 11 is 0. The van der Waals surface area contributed by atoms with Gasteiger partial charge in [0.25, 0.3) is 10.1 Å². The molecule has 0 spiro atoms. The molecule has 112 valence electrons. The van der Waals surface area contributed by atoms with Crippen LogP contribution < -0.4 is 0 Å². The lowest BCUT2D eigenvalue weighted by atomic mass is 9.70. The molecule has 0 amide bonds. The van der Waals surface area contributed by atoms with Crippen LogP contribution in [0.4, 0.5) is 0 Å². The third-order valence-corrected chi connectivity index (χ3v) is 7.09. The van der Waals surface area contributed by atoms with Gasteiger partial charge in [-0.3, -0.25) is 8.98 Å². The smallest absolute Gasteiger partial charge is 0.273 e. The molecule has 2 bridgehead atoms. The first-order chi connectivity index (χ1) is 9.13. The molecule has 3 saturated heterocycles. The average Bonchev–Trinajstić information content (AvgIpc) is 2.78. The lowest BCUT2D eigenvalue weighted by molar-refractivity contribution is -0.123. The second-order valence-electron chi connectivity index (χ2n) is 6.70. The molecule has 3 aliphatic rings. The van der Waals surface area contributed by atoms with Gasteiger partial charge in [-0.1, -0.05) is 13.5 Å². The van der Waals surface area contributed by atoms with Crippen LogP contribution in [0.3, 0.4) is 0 Å². The van der Waals surface area contributed by atoms with E-state index < -0.39 is 32.7 Å². The van der Waals surface area contributed by atoms with Crippen molar-refractivity contribution in [1.82, 2.24) is 0 Å².